The Labute approximate surface area is 176 Å². The summed E-state index contributed by atoms with van der Waals surface area (Å²) in [7, 11) is 1.82. The van der Waals surface area contributed by atoms with Crippen LogP contribution in [0.1, 0.15) is 59.8 Å². The second-order valence-corrected chi connectivity index (χ2v) is 9.80. The fourth-order valence-corrected chi connectivity index (χ4v) is 4.98. The number of hydrogen-bond donors (Lipinski definition) is 2. The van der Waals surface area contributed by atoms with Crippen LogP contribution in [0.15, 0.2) is 4.99 Å². The van der Waals surface area contributed by atoms with E-state index in [4.69, 9.17) is 4.74 Å². The maximum atomic E-state index is 12.7. The SMILES string of the molecule is CN=C(NCC(C)(C)N1CC(C)OC(C)C1)NC1CCN(C(=O)C2CCCC2)C1. The van der Waals surface area contributed by atoms with Crippen LogP contribution >= 0.6 is 0 Å². The van der Waals surface area contributed by atoms with Crippen molar-refractivity contribution in [1.82, 2.24) is 20.4 Å². The van der Waals surface area contributed by atoms with Gasteiger partial charge in [-0.2, -0.15) is 0 Å². The van der Waals surface area contributed by atoms with Crippen molar-refractivity contribution in [2.24, 2.45) is 10.9 Å². The van der Waals surface area contributed by atoms with Crippen LogP contribution in [0.25, 0.3) is 0 Å². The Bertz CT molecular complexity index is 578. The number of hydrogen-bond acceptors (Lipinski definition) is 4. The summed E-state index contributed by atoms with van der Waals surface area (Å²) in [4.78, 5) is 21.7. The number of aliphatic imine (C=N–C) groups is 1. The molecule has 0 spiro atoms. The van der Waals surface area contributed by atoms with Crippen molar-refractivity contribution in [2.45, 2.75) is 83.6 Å². The summed E-state index contributed by atoms with van der Waals surface area (Å²) in [6.45, 7) is 13.2. The summed E-state index contributed by atoms with van der Waals surface area (Å²) in [5.74, 6) is 1.46. The molecule has 29 heavy (non-hydrogen) atoms. The molecule has 0 aromatic carbocycles. The molecule has 2 aliphatic heterocycles. The number of guanidine groups is 1. The van der Waals surface area contributed by atoms with Gasteiger partial charge < -0.3 is 20.3 Å². The standard InChI is InChI=1S/C22H41N5O2/c1-16-12-27(13-17(2)29-16)22(3,4)15-24-21(23-5)25-19-10-11-26(14-19)20(28)18-8-6-7-9-18/h16-19H,6-15H2,1-5H3,(H2,23,24,25). The minimum Gasteiger partial charge on any atom is -0.373 e. The average Bonchev–Trinajstić information content (AvgIpc) is 3.36. The van der Waals surface area contributed by atoms with E-state index in [1.807, 2.05) is 7.05 Å². The van der Waals surface area contributed by atoms with Crippen molar-refractivity contribution >= 4 is 11.9 Å². The topological polar surface area (TPSA) is 69.2 Å². The van der Waals surface area contributed by atoms with Crippen molar-refractivity contribution in [3.63, 3.8) is 0 Å². The lowest BCUT2D eigenvalue weighted by molar-refractivity contribution is -0.134. The number of carbonyl (C=O) groups excluding carboxylic acids is 1. The number of likely N-dealkylation sites (tertiary alicyclic amines) is 1. The Morgan fingerprint density at radius 1 is 1.10 bits per heavy atom. The highest BCUT2D eigenvalue weighted by Gasteiger charge is 2.34. The zero-order valence-electron chi connectivity index (χ0n) is 19.0. The fourth-order valence-electron chi connectivity index (χ4n) is 4.98. The predicted octanol–water partition coefficient (Wildman–Crippen LogP) is 1.83. The highest BCUT2D eigenvalue weighted by Crippen LogP contribution is 2.28. The predicted molar refractivity (Wildman–Crippen MR) is 117 cm³/mol. The van der Waals surface area contributed by atoms with Crippen molar-refractivity contribution in [3.8, 4) is 0 Å². The Kier molecular flexibility index (Phi) is 7.43. The summed E-state index contributed by atoms with van der Waals surface area (Å²) in [5.41, 5.74) is 0.00404. The number of morpholine rings is 1. The van der Waals surface area contributed by atoms with E-state index in [0.717, 1.165) is 57.9 Å². The van der Waals surface area contributed by atoms with Gasteiger partial charge in [0.2, 0.25) is 5.91 Å². The molecule has 1 amide bonds. The lowest BCUT2D eigenvalue weighted by Crippen LogP contribution is -2.59. The molecule has 3 atom stereocenters. The van der Waals surface area contributed by atoms with Gasteiger partial charge in [-0.05, 0) is 47.0 Å². The van der Waals surface area contributed by atoms with Gasteiger partial charge in [0.05, 0.1) is 12.2 Å². The molecule has 0 aromatic rings. The molecule has 7 heteroatoms. The van der Waals surface area contributed by atoms with E-state index in [-0.39, 0.29) is 29.7 Å². The molecule has 0 aromatic heterocycles. The third-order valence-corrected chi connectivity index (χ3v) is 6.73. The van der Waals surface area contributed by atoms with Crippen LogP contribution in [0.2, 0.25) is 0 Å². The quantitative estimate of drug-likeness (QED) is 0.538. The molecule has 3 aliphatic rings. The molecule has 0 radical (unpaired) electrons. The molecule has 2 saturated heterocycles. The highest BCUT2D eigenvalue weighted by atomic mass is 16.5. The number of ether oxygens (including phenoxy) is 1. The summed E-state index contributed by atoms with van der Waals surface area (Å²) in [6, 6.07) is 0.276. The molecule has 166 valence electrons. The van der Waals surface area contributed by atoms with Gasteiger partial charge in [-0.3, -0.25) is 14.7 Å². The monoisotopic (exact) mass is 407 g/mol. The highest BCUT2D eigenvalue weighted by molar-refractivity contribution is 5.81. The Morgan fingerprint density at radius 3 is 2.38 bits per heavy atom. The van der Waals surface area contributed by atoms with E-state index >= 15 is 0 Å². The molecule has 3 fully saturated rings. The van der Waals surface area contributed by atoms with Crippen molar-refractivity contribution in [1.29, 1.82) is 0 Å². The van der Waals surface area contributed by atoms with E-state index in [1.54, 1.807) is 0 Å². The summed E-state index contributed by atoms with van der Waals surface area (Å²) >= 11 is 0. The number of rotatable bonds is 5. The maximum Gasteiger partial charge on any atom is 0.225 e. The summed E-state index contributed by atoms with van der Waals surface area (Å²) in [5, 5.41) is 7.05. The number of amides is 1. The molecule has 2 heterocycles. The smallest absolute Gasteiger partial charge is 0.225 e. The van der Waals surface area contributed by atoms with Crippen LogP contribution in [0.5, 0.6) is 0 Å². The first-order chi connectivity index (χ1) is 13.8. The van der Waals surface area contributed by atoms with Gasteiger partial charge in [0.25, 0.3) is 0 Å². The van der Waals surface area contributed by atoms with E-state index < -0.39 is 0 Å². The van der Waals surface area contributed by atoms with E-state index in [0.29, 0.717) is 5.91 Å². The summed E-state index contributed by atoms with van der Waals surface area (Å²) < 4.78 is 5.88. The maximum absolute atomic E-state index is 12.7. The van der Waals surface area contributed by atoms with Gasteiger partial charge >= 0.3 is 0 Å². The molecule has 2 N–H and O–H groups in total. The van der Waals surface area contributed by atoms with Crippen LogP contribution in [0, 0.1) is 5.92 Å². The zero-order valence-corrected chi connectivity index (χ0v) is 19.0. The summed E-state index contributed by atoms with van der Waals surface area (Å²) in [6.07, 6.45) is 6.07. The average molecular weight is 408 g/mol. The Hall–Kier alpha value is -1.34. The van der Waals surface area contributed by atoms with Crippen LogP contribution in [0.3, 0.4) is 0 Å². The number of nitrogens with one attached hydrogen (secondary N) is 2. The van der Waals surface area contributed by atoms with Gasteiger partial charge in [-0.15, -0.1) is 0 Å². The van der Waals surface area contributed by atoms with Gasteiger partial charge in [0.1, 0.15) is 0 Å². The molecular weight excluding hydrogens is 366 g/mol. The third-order valence-electron chi connectivity index (χ3n) is 6.73. The van der Waals surface area contributed by atoms with Crippen molar-refractivity contribution < 1.29 is 9.53 Å². The third kappa shape index (κ3) is 5.85. The van der Waals surface area contributed by atoms with Crippen LogP contribution in [0.4, 0.5) is 0 Å². The van der Waals surface area contributed by atoms with Crippen molar-refractivity contribution in [3.05, 3.63) is 0 Å². The fraction of sp³-hybridized carbons (Fsp3) is 0.909. The first-order valence-corrected chi connectivity index (χ1v) is 11.4. The van der Waals surface area contributed by atoms with Gasteiger partial charge in [-0.1, -0.05) is 12.8 Å². The van der Waals surface area contributed by atoms with Gasteiger partial charge in [-0.25, -0.2) is 0 Å². The zero-order chi connectivity index (χ0) is 21.0. The molecule has 1 aliphatic carbocycles. The van der Waals surface area contributed by atoms with Gasteiger partial charge in [0, 0.05) is 57.3 Å². The largest absolute Gasteiger partial charge is 0.373 e. The molecule has 7 nitrogen and oxygen atoms in total. The molecular formula is C22H41N5O2. The minimum absolute atomic E-state index is 0.00404. The number of nitrogens with zero attached hydrogens (tertiary/aromatic N) is 3. The molecule has 1 saturated carbocycles. The second kappa shape index (κ2) is 9.65. The van der Waals surface area contributed by atoms with Crippen LogP contribution in [-0.2, 0) is 9.53 Å². The number of carbonyl (C=O) groups is 1. The van der Waals surface area contributed by atoms with E-state index in [1.165, 1.54) is 12.8 Å². The normalized spacial score (nSPS) is 30.0. The Balaban J connectivity index is 1.46. The first-order valence-electron chi connectivity index (χ1n) is 11.4. The van der Waals surface area contributed by atoms with Gasteiger partial charge in [0.15, 0.2) is 5.96 Å². The van der Waals surface area contributed by atoms with Crippen LogP contribution in [-0.4, -0.2) is 85.2 Å². The van der Waals surface area contributed by atoms with Crippen molar-refractivity contribution in [2.75, 3.05) is 39.8 Å². The molecule has 3 unspecified atom stereocenters. The molecule has 3 rings (SSSR count). The lowest BCUT2D eigenvalue weighted by Gasteiger charge is -2.45. The second-order valence-electron chi connectivity index (χ2n) is 9.80. The minimum atomic E-state index is 0.00404. The molecule has 0 bridgehead atoms. The van der Waals surface area contributed by atoms with Crippen LogP contribution < -0.4 is 10.6 Å². The van der Waals surface area contributed by atoms with E-state index in [9.17, 15) is 4.79 Å². The Morgan fingerprint density at radius 2 is 1.76 bits per heavy atom. The van der Waals surface area contributed by atoms with E-state index in [2.05, 4.69) is 53.1 Å². The lowest BCUT2D eigenvalue weighted by atomic mass is 10.00. The first kappa shape index (κ1) is 22.3.